The Hall–Kier alpha value is -2.13. The average molecular weight is 227 g/mol. The maximum Gasteiger partial charge on any atom is 0.325 e. The van der Waals surface area contributed by atoms with E-state index in [0.717, 1.165) is 11.1 Å². The fourth-order valence-electron chi connectivity index (χ4n) is 1.66. The van der Waals surface area contributed by atoms with E-state index < -0.39 is 12.0 Å². The smallest absolute Gasteiger partial charge is 0.325 e. The molecule has 3 N–H and O–H groups in total. The lowest BCUT2D eigenvalue weighted by atomic mass is 10.0. The Kier molecular flexibility index (Phi) is 3.21. The standard InChI is InChI=1S/C14H13NO2/c15-13(14(16)17)12-8-6-11(7-9-12)10-4-2-1-3-5-10/h1-9,13H,15H2,(H,16,17). The van der Waals surface area contributed by atoms with Gasteiger partial charge >= 0.3 is 5.97 Å². The van der Waals surface area contributed by atoms with E-state index in [1.54, 1.807) is 12.1 Å². The summed E-state index contributed by atoms with van der Waals surface area (Å²) in [5.74, 6) is -1.02. The normalized spacial score (nSPS) is 12.1. The molecule has 0 heterocycles. The average Bonchev–Trinajstić information content (AvgIpc) is 2.39. The fraction of sp³-hybridized carbons (Fsp3) is 0.0714. The second-order valence-electron chi connectivity index (χ2n) is 3.80. The molecular formula is C14H13NO2. The van der Waals surface area contributed by atoms with Gasteiger partial charge in [-0.15, -0.1) is 0 Å². The lowest BCUT2D eigenvalue weighted by Crippen LogP contribution is -2.20. The SMILES string of the molecule is NC(C(=O)O)c1ccc(-c2ccccc2)cc1. The fourth-order valence-corrected chi connectivity index (χ4v) is 1.66. The second-order valence-corrected chi connectivity index (χ2v) is 3.80. The Morgan fingerprint density at radius 1 is 0.941 bits per heavy atom. The summed E-state index contributed by atoms with van der Waals surface area (Å²) in [5, 5.41) is 8.80. The number of nitrogens with two attached hydrogens (primary N) is 1. The maximum absolute atomic E-state index is 10.7. The van der Waals surface area contributed by atoms with Crippen molar-refractivity contribution < 1.29 is 9.90 Å². The van der Waals surface area contributed by atoms with Crippen molar-refractivity contribution in [1.29, 1.82) is 0 Å². The maximum atomic E-state index is 10.7. The van der Waals surface area contributed by atoms with Crippen LogP contribution >= 0.6 is 0 Å². The summed E-state index contributed by atoms with van der Waals surface area (Å²) in [7, 11) is 0. The van der Waals surface area contributed by atoms with Gasteiger partial charge in [-0.3, -0.25) is 4.79 Å². The van der Waals surface area contributed by atoms with Crippen molar-refractivity contribution in [2.75, 3.05) is 0 Å². The molecule has 17 heavy (non-hydrogen) atoms. The third-order valence-corrected chi connectivity index (χ3v) is 2.64. The number of rotatable bonds is 3. The van der Waals surface area contributed by atoms with Gasteiger partial charge in [0.1, 0.15) is 6.04 Å². The van der Waals surface area contributed by atoms with Crippen LogP contribution in [0.15, 0.2) is 54.6 Å². The highest BCUT2D eigenvalue weighted by Gasteiger charge is 2.13. The van der Waals surface area contributed by atoms with E-state index in [2.05, 4.69) is 0 Å². The zero-order chi connectivity index (χ0) is 12.3. The third-order valence-electron chi connectivity index (χ3n) is 2.64. The van der Waals surface area contributed by atoms with Crippen LogP contribution in [0.2, 0.25) is 0 Å². The Morgan fingerprint density at radius 2 is 1.47 bits per heavy atom. The monoisotopic (exact) mass is 227 g/mol. The molecule has 0 spiro atoms. The van der Waals surface area contributed by atoms with Gasteiger partial charge in [0, 0.05) is 0 Å². The Bertz CT molecular complexity index is 506. The molecule has 0 amide bonds. The van der Waals surface area contributed by atoms with Crippen LogP contribution in [0.4, 0.5) is 0 Å². The van der Waals surface area contributed by atoms with Crippen molar-refractivity contribution >= 4 is 5.97 Å². The number of carboxylic acids is 1. The zero-order valence-corrected chi connectivity index (χ0v) is 9.21. The summed E-state index contributed by atoms with van der Waals surface area (Å²) < 4.78 is 0. The molecule has 3 heteroatoms. The van der Waals surface area contributed by atoms with Crippen LogP contribution in [0, 0.1) is 0 Å². The van der Waals surface area contributed by atoms with E-state index in [9.17, 15) is 4.79 Å². The van der Waals surface area contributed by atoms with Crippen molar-refractivity contribution in [3.05, 3.63) is 60.2 Å². The highest BCUT2D eigenvalue weighted by Crippen LogP contribution is 2.21. The van der Waals surface area contributed by atoms with Gasteiger partial charge in [0.2, 0.25) is 0 Å². The number of carbonyl (C=O) groups is 1. The van der Waals surface area contributed by atoms with Gasteiger partial charge < -0.3 is 10.8 Å². The molecule has 0 saturated heterocycles. The molecule has 1 unspecified atom stereocenters. The molecule has 1 atom stereocenters. The van der Waals surface area contributed by atoms with Crippen LogP contribution in [-0.4, -0.2) is 11.1 Å². The first-order valence-corrected chi connectivity index (χ1v) is 5.32. The summed E-state index contributed by atoms with van der Waals surface area (Å²) >= 11 is 0. The Balaban J connectivity index is 2.28. The molecule has 0 fully saturated rings. The second kappa shape index (κ2) is 4.80. The van der Waals surface area contributed by atoms with Crippen molar-refractivity contribution in [3.63, 3.8) is 0 Å². The molecule has 2 aromatic carbocycles. The van der Waals surface area contributed by atoms with Gasteiger partial charge in [0.15, 0.2) is 0 Å². The molecule has 2 rings (SSSR count). The highest BCUT2D eigenvalue weighted by atomic mass is 16.4. The predicted octanol–water partition coefficient (Wildman–Crippen LogP) is 2.44. The number of hydrogen-bond donors (Lipinski definition) is 2. The van der Waals surface area contributed by atoms with E-state index in [1.807, 2.05) is 42.5 Å². The minimum atomic E-state index is -1.02. The molecule has 0 aliphatic heterocycles. The number of aliphatic carboxylic acids is 1. The van der Waals surface area contributed by atoms with Crippen molar-refractivity contribution in [3.8, 4) is 11.1 Å². The first kappa shape index (κ1) is 11.4. The number of hydrogen-bond acceptors (Lipinski definition) is 2. The van der Waals surface area contributed by atoms with Gasteiger partial charge in [-0.25, -0.2) is 0 Å². The van der Waals surface area contributed by atoms with Crippen LogP contribution < -0.4 is 5.73 Å². The first-order chi connectivity index (χ1) is 8.18. The van der Waals surface area contributed by atoms with Crippen LogP contribution in [0.1, 0.15) is 11.6 Å². The number of benzene rings is 2. The van der Waals surface area contributed by atoms with Gasteiger partial charge in [-0.1, -0.05) is 54.6 Å². The minimum absolute atomic E-state index is 0.609. The molecule has 86 valence electrons. The quantitative estimate of drug-likeness (QED) is 0.846. The topological polar surface area (TPSA) is 63.3 Å². The third kappa shape index (κ3) is 2.52. The van der Waals surface area contributed by atoms with Crippen LogP contribution in [0.25, 0.3) is 11.1 Å². The zero-order valence-electron chi connectivity index (χ0n) is 9.21. The number of carboxylic acid groups (broad SMARTS) is 1. The molecule has 0 radical (unpaired) electrons. The molecule has 2 aromatic rings. The van der Waals surface area contributed by atoms with Gasteiger partial charge in [0.05, 0.1) is 0 Å². The van der Waals surface area contributed by atoms with E-state index in [0.29, 0.717) is 5.56 Å². The molecule has 0 saturated carbocycles. The molecule has 0 aliphatic rings. The molecule has 0 bridgehead atoms. The summed E-state index contributed by atoms with van der Waals surface area (Å²) in [6.45, 7) is 0. The lowest BCUT2D eigenvalue weighted by Gasteiger charge is -2.07. The molecule has 3 nitrogen and oxygen atoms in total. The first-order valence-electron chi connectivity index (χ1n) is 5.32. The van der Waals surface area contributed by atoms with Crippen molar-refractivity contribution in [1.82, 2.24) is 0 Å². The van der Waals surface area contributed by atoms with Crippen LogP contribution in [-0.2, 0) is 4.79 Å². The van der Waals surface area contributed by atoms with Crippen molar-refractivity contribution in [2.45, 2.75) is 6.04 Å². The van der Waals surface area contributed by atoms with Gasteiger partial charge in [0.25, 0.3) is 0 Å². The van der Waals surface area contributed by atoms with Crippen LogP contribution in [0.3, 0.4) is 0 Å². The van der Waals surface area contributed by atoms with Gasteiger partial charge in [-0.2, -0.15) is 0 Å². The van der Waals surface area contributed by atoms with Crippen LogP contribution in [0.5, 0.6) is 0 Å². The molecule has 0 aliphatic carbocycles. The Labute approximate surface area is 99.5 Å². The van der Waals surface area contributed by atoms with E-state index >= 15 is 0 Å². The van der Waals surface area contributed by atoms with E-state index in [-0.39, 0.29) is 0 Å². The summed E-state index contributed by atoms with van der Waals surface area (Å²) in [5.41, 5.74) is 8.28. The largest absolute Gasteiger partial charge is 0.480 e. The van der Waals surface area contributed by atoms with Gasteiger partial charge in [-0.05, 0) is 16.7 Å². The summed E-state index contributed by atoms with van der Waals surface area (Å²) in [6.07, 6.45) is 0. The summed E-state index contributed by atoms with van der Waals surface area (Å²) in [6, 6.07) is 16.2. The molecule has 0 aromatic heterocycles. The lowest BCUT2D eigenvalue weighted by molar-refractivity contribution is -0.138. The Morgan fingerprint density at radius 3 is 2.00 bits per heavy atom. The van der Waals surface area contributed by atoms with Crippen molar-refractivity contribution in [2.24, 2.45) is 5.73 Å². The highest BCUT2D eigenvalue weighted by molar-refractivity contribution is 5.75. The van der Waals surface area contributed by atoms with E-state index in [1.165, 1.54) is 0 Å². The summed E-state index contributed by atoms with van der Waals surface area (Å²) in [4.78, 5) is 10.7. The van der Waals surface area contributed by atoms with E-state index in [4.69, 9.17) is 10.8 Å². The predicted molar refractivity (Wildman–Crippen MR) is 66.4 cm³/mol. The molecular weight excluding hydrogens is 214 g/mol. The minimum Gasteiger partial charge on any atom is -0.480 e.